The Morgan fingerprint density at radius 3 is 0.957 bits per heavy atom. The molecule has 6 nitrogen and oxygen atoms in total. The van der Waals surface area contributed by atoms with E-state index in [2.05, 4.69) is 226 Å². The van der Waals surface area contributed by atoms with Crippen LogP contribution in [0.4, 0.5) is 56.9 Å². The number of nitrogens with zero attached hydrogens (tertiary/aromatic N) is 6. The van der Waals surface area contributed by atoms with Gasteiger partial charge in [-0.2, -0.15) is 10.5 Å². The molecule has 0 saturated heterocycles. The summed E-state index contributed by atoms with van der Waals surface area (Å²) >= 11 is 0. The van der Waals surface area contributed by atoms with Gasteiger partial charge in [0.15, 0.2) is 0 Å². The lowest BCUT2D eigenvalue weighted by Crippen LogP contribution is -2.12. The van der Waals surface area contributed by atoms with Crippen molar-refractivity contribution in [2.45, 2.75) is 0 Å². The third kappa shape index (κ3) is 10.6. The lowest BCUT2D eigenvalue weighted by molar-refractivity contribution is 1.20. The average molecular weight is 903 g/mol. The molecule has 0 bridgehead atoms. The first-order chi connectivity index (χ1) is 34.4. The Morgan fingerprint density at radius 1 is 0.243 bits per heavy atom. The molecule has 0 N–H and O–H groups in total. The molecule has 0 radical (unpaired) electrons. The molecule has 0 aliphatic heterocycles. The second kappa shape index (κ2) is 21.8. The molecule has 0 aliphatic rings. The number of anilines is 10. The predicted octanol–water partition coefficient (Wildman–Crippen LogP) is 16.9. The summed E-state index contributed by atoms with van der Waals surface area (Å²) in [4.78, 5) is 8.76. The maximum absolute atomic E-state index is 9.25. The van der Waals surface area contributed by atoms with Crippen molar-refractivity contribution in [1.82, 2.24) is 0 Å². The first-order valence-electron chi connectivity index (χ1n) is 23.1. The van der Waals surface area contributed by atoms with Crippen LogP contribution in [-0.2, 0) is 0 Å². The highest BCUT2D eigenvalue weighted by molar-refractivity contribution is 5.83. The number of nitriles is 2. The minimum absolute atomic E-state index is 0.652. The summed E-state index contributed by atoms with van der Waals surface area (Å²) in [6.07, 6.45) is 0. The molecule has 70 heavy (non-hydrogen) atoms. The fourth-order valence-electron chi connectivity index (χ4n) is 8.45. The fraction of sp³-hybridized carbons (Fsp3) is 0.0312. The van der Waals surface area contributed by atoms with Crippen LogP contribution >= 0.6 is 0 Å². The summed E-state index contributed by atoms with van der Waals surface area (Å²) in [6, 6.07) is 95.8. The number of benzene rings is 10. The Balaban J connectivity index is 0.000000174. The Labute approximate surface area is 411 Å². The lowest BCUT2D eigenvalue weighted by atomic mass is 10.0. The maximum atomic E-state index is 9.25. The quantitative estimate of drug-likeness (QED) is 0.122. The minimum Gasteiger partial charge on any atom is -0.345 e. The lowest BCUT2D eigenvalue weighted by Gasteiger charge is -2.27. The molecule has 10 aromatic carbocycles. The van der Waals surface area contributed by atoms with Gasteiger partial charge in [0.1, 0.15) is 0 Å². The molecular weight excluding hydrogens is 853 g/mol. The summed E-state index contributed by atoms with van der Waals surface area (Å²) in [6.45, 7) is 0. The molecule has 0 aliphatic carbocycles. The Hall–Kier alpha value is -9.62. The molecular formula is C64H50N6. The van der Waals surface area contributed by atoms with Crippen LogP contribution in [0.15, 0.2) is 267 Å². The van der Waals surface area contributed by atoms with Crippen molar-refractivity contribution in [2.75, 3.05) is 33.7 Å². The van der Waals surface area contributed by atoms with Gasteiger partial charge in [-0.05, 0) is 162 Å². The van der Waals surface area contributed by atoms with Crippen molar-refractivity contribution in [3.05, 3.63) is 278 Å². The number of rotatable bonds is 12. The van der Waals surface area contributed by atoms with E-state index in [-0.39, 0.29) is 0 Å². The molecule has 0 heterocycles. The van der Waals surface area contributed by atoms with E-state index >= 15 is 0 Å². The number of hydrogen-bond donors (Lipinski definition) is 0. The summed E-state index contributed by atoms with van der Waals surface area (Å²) < 4.78 is 0. The van der Waals surface area contributed by atoms with Crippen LogP contribution in [0.5, 0.6) is 0 Å². The van der Waals surface area contributed by atoms with E-state index in [1.54, 1.807) is 0 Å². The van der Waals surface area contributed by atoms with Crippen LogP contribution in [0.25, 0.3) is 22.3 Å². The summed E-state index contributed by atoms with van der Waals surface area (Å²) in [5.41, 5.74) is 16.8. The molecule has 10 rings (SSSR count). The SMILES string of the molecule is CN(c1ccc(C#N)cc1)c1ccc(N(c2ccccc2)c2cccc(-c3ccccc3)c2)cc1.CN(c1ccc(N(c2ccccc2)c2cccc(-c3ccccc3)c2)cc1)c1cccc(C#N)c1. The smallest absolute Gasteiger partial charge is 0.0992 e. The van der Waals surface area contributed by atoms with E-state index in [4.69, 9.17) is 5.26 Å². The van der Waals surface area contributed by atoms with E-state index in [0.29, 0.717) is 11.1 Å². The maximum Gasteiger partial charge on any atom is 0.0992 e. The van der Waals surface area contributed by atoms with Crippen LogP contribution in [0.2, 0.25) is 0 Å². The Bertz CT molecular complexity index is 3350. The fourth-order valence-corrected chi connectivity index (χ4v) is 8.45. The van der Waals surface area contributed by atoms with Gasteiger partial charge in [0.25, 0.3) is 0 Å². The molecule has 0 fully saturated rings. The van der Waals surface area contributed by atoms with Gasteiger partial charge < -0.3 is 19.6 Å². The molecule has 0 saturated carbocycles. The largest absolute Gasteiger partial charge is 0.345 e. The van der Waals surface area contributed by atoms with Crippen LogP contribution < -0.4 is 19.6 Å². The van der Waals surface area contributed by atoms with Gasteiger partial charge in [0.05, 0.1) is 23.3 Å². The zero-order valence-electron chi connectivity index (χ0n) is 39.1. The molecule has 0 amide bonds. The normalized spacial score (nSPS) is 10.4. The monoisotopic (exact) mass is 902 g/mol. The van der Waals surface area contributed by atoms with E-state index in [1.165, 1.54) is 22.3 Å². The second-order valence-corrected chi connectivity index (χ2v) is 16.6. The summed E-state index contributed by atoms with van der Waals surface area (Å²) in [5.74, 6) is 0. The third-order valence-corrected chi connectivity index (χ3v) is 12.2. The van der Waals surface area contributed by atoms with E-state index < -0.39 is 0 Å². The molecule has 0 unspecified atom stereocenters. The van der Waals surface area contributed by atoms with Gasteiger partial charge in [-0.1, -0.05) is 127 Å². The molecule has 0 aromatic heterocycles. The molecule has 6 heteroatoms. The van der Waals surface area contributed by atoms with Gasteiger partial charge >= 0.3 is 0 Å². The van der Waals surface area contributed by atoms with Crippen molar-refractivity contribution >= 4 is 56.9 Å². The summed E-state index contributed by atoms with van der Waals surface area (Å²) in [5, 5.41) is 18.3. The molecule has 0 spiro atoms. The van der Waals surface area contributed by atoms with Crippen molar-refractivity contribution in [3.8, 4) is 34.4 Å². The average Bonchev–Trinajstić information content (AvgIpc) is 3.44. The molecule has 336 valence electrons. The highest BCUT2D eigenvalue weighted by Gasteiger charge is 2.16. The number of hydrogen-bond acceptors (Lipinski definition) is 6. The number of para-hydroxylation sites is 2. The predicted molar refractivity (Wildman–Crippen MR) is 292 cm³/mol. The second-order valence-electron chi connectivity index (χ2n) is 16.6. The molecule has 10 aromatic rings. The summed E-state index contributed by atoms with van der Waals surface area (Å²) in [7, 11) is 4.05. The Kier molecular flexibility index (Phi) is 14.2. The third-order valence-electron chi connectivity index (χ3n) is 12.2. The van der Waals surface area contributed by atoms with Crippen LogP contribution in [-0.4, -0.2) is 14.1 Å². The van der Waals surface area contributed by atoms with Crippen molar-refractivity contribution in [2.24, 2.45) is 0 Å². The van der Waals surface area contributed by atoms with Crippen LogP contribution in [0.3, 0.4) is 0 Å². The standard InChI is InChI=1S/2C32H25N3/c1-34(31-16-8-10-25(22-31)24-33)28-18-20-30(21-19-28)35(29-14-6-3-7-15-29)32-17-9-13-27(23-32)26-11-4-2-5-12-26;1-34(28-17-15-25(24-33)16-18-28)29-19-21-31(22-20-29)35(30-12-6-3-7-13-30)32-14-8-11-27(23-32)26-9-4-2-5-10-26/h2*2-23H,1H3. The first kappa shape index (κ1) is 45.5. The van der Waals surface area contributed by atoms with Crippen molar-refractivity contribution in [3.63, 3.8) is 0 Å². The van der Waals surface area contributed by atoms with E-state index in [0.717, 1.165) is 56.9 Å². The van der Waals surface area contributed by atoms with Crippen LogP contribution in [0.1, 0.15) is 11.1 Å². The van der Waals surface area contributed by atoms with Crippen molar-refractivity contribution < 1.29 is 0 Å². The zero-order chi connectivity index (χ0) is 48.1. The zero-order valence-corrected chi connectivity index (χ0v) is 39.1. The van der Waals surface area contributed by atoms with E-state index in [1.807, 2.05) is 86.9 Å². The minimum atomic E-state index is 0.652. The van der Waals surface area contributed by atoms with Gasteiger partial charge in [0.2, 0.25) is 0 Å². The first-order valence-corrected chi connectivity index (χ1v) is 23.1. The highest BCUT2D eigenvalue weighted by Crippen LogP contribution is 2.39. The van der Waals surface area contributed by atoms with Gasteiger partial charge in [-0.3, -0.25) is 0 Å². The van der Waals surface area contributed by atoms with Crippen LogP contribution in [0, 0.1) is 22.7 Å². The topological polar surface area (TPSA) is 60.5 Å². The molecule has 0 atom stereocenters. The Morgan fingerprint density at radius 2 is 0.543 bits per heavy atom. The van der Waals surface area contributed by atoms with Gasteiger partial charge in [-0.25, -0.2) is 0 Å². The van der Waals surface area contributed by atoms with Crippen molar-refractivity contribution in [1.29, 1.82) is 10.5 Å². The van der Waals surface area contributed by atoms with Gasteiger partial charge in [0, 0.05) is 71.0 Å². The van der Waals surface area contributed by atoms with Gasteiger partial charge in [-0.15, -0.1) is 0 Å². The van der Waals surface area contributed by atoms with E-state index in [9.17, 15) is 5.26 Å². The highest BCUT2D eigenvalue weighted by atomic mass is 15.2.